The molecule has 80 valence electrons. The van der Waals surface area contributed by atoms with Crippen LogP contribution in [-0.2, 0) is 9.53 Å². The number of rotatable bonds is 3. The summed E-state index contributed by atoms with van der Waals surface area (Å²) in [5.41, 5.74) is 0.497. The maximum Gasteiger partial charge on any atom is 0.331 e. The van der Waals surface area contributed by atoms with Gasteiger partial charge in [-0.3, -0.25) is 0 Å². The van der Waals surface area contributed by atoms with Crippen LogP contribution in [0.25, 0.3) is 0 Å². The van der Waals surface area contributed by atoms with Crippen LogP contribution in [0.4, 0.5) is 10.1 Å². The van der Waals surface area contributed by atoms with Crippen LogP contribution in [0.1, 0.15) is 0 Å². The Labute approximate surface area is 91.5 Å². The van der Waals surface area contributed by atoms with Gasteiger partial charge in [-0.05, 0) is 18.2 Å². The lowest BCUT2D eigenvalue weighted by atomic mass is 10.3. The molecule has 0 fully saturated rings. The minimum Gasteiger partial charge on any atom is -0.466 e. The Morgan fingerprint density at radius 3 is 2.93 bits per heavy atom. The average molecular weight is 230 g/mol. The van der Waals surface area contributed by atoms with Crippen molar-refractivity contribution in [3.8, 4) is 0 Å². The van der Waals surface area contributed by atoms with E-state index in [9.17, 15) is 9.18 Å². The molecule has 15 heavy (non-hydrogen) atoms. The second kappa shape index (κ2) is 5.36. The summed E-state index contributed by atoms with van der Waals surface area (Å²) >= 11 is 5.49. The molecule has 1 N–H and O–H groups in total. The minimum atomic E-state index is -0.520. The first-order chi connectivity index (χ1) is 7.13. The molecule has 0 saturated heterocycles. The standard InChI is InChI=1S/C10H9ClFNO2/c1-15-10(14)4-5-13-7-2-3-8(11)9(12)6-7/h2-6,13H,1H3/b5-4+. The molecule has 0 amide bonds. The van der Waals surface area contributed by atoms with Crippen molar-refractivity contribution < 1.29 is 13.9 Å². The number of hydrogen-bond acceptors (Lipinski definition) is 3. The fraction of sp³-hybridized carbons (Fsp3) is 0.100. The van der Waals surface area contributed by atoms with Gasteiger partial charge in [0.25, 0.3) is 0 Å². The van der Waals surface area contributed by atoms with Gasteiger partial charge in [0, 0.05) is 18.0 Å². The maximum absolute atomic E-state index is 12.9. The molecule has 0 atom stereocenters. The first kappa shape index (κ1) is 11.5. The number of methoxy groups -OCH3 is 1. The zero-order valence-electron chi connectivity index (χ0n) is 7.96. The Morgan fingerprint density at radius 2 is 2.33 bits per heavy atom. The molecular weight excluding hydrogens is 221 g/mol. The minimum absolute atomic E-state index is 0.0532. The van der Waals surface area contributed by atoms with E-state index in [1.807, 2.05) is 0 Å². The lowest BCUT2D eigenvalue weighted by Gasteiger charge is -2.01. The zero-order valence-corrected chi connectivity index (χ0v) is 8.72. The largest absolute Gasteiger partial charge is 0.466 e. The second-order valence-corrected chi connectivity index (χ2v) is 3.04. The number of anilines is 1. The lowest BCUT2D eigenvalue weighted by molar-refractivity contribution is -0.134. The number of carbonyl (C=O) groups excluding carboxylic acids is 1. The van der Waals surface area contributed by atoms with Gasteiger partial charge in [0.1, 0.15) is 5.82 Å². The molecule has 1 aromatic carbocycles. The van der Waals surface area contributed by atoms with Gasteiger partial charge in [-0.25, -0.2) is 9.18 Å². The quantitative estimate of drug-likeness (QED) is 0.640. The third-order valence-corrected chi connectivity index (χ3v) is 1.90. The third-order valence-electron chi connectivity index (χ3n) is 1.59. The van der Waals surface area contributed by atoms with Crippen molar-refractivity contribution in [2.75, 3.05) is 12.4 Å². The van der Waals surface area contributed by atoms with Gasteiger partial charge in [0.2, 0.25) is 0 Å². The summed E-state index contributed by atoms with van der Waals surface area (Å²) in [7, 11) is 1.27. The fourth-order valence-corrected chi connectivity index (χ4v) is 0.977. The van der Waals surface area contributed by atoms with E-state index < -0.39 is 11.8 Å². The number of esters is 1. The normalized spacial score (nSPS) is 10.3. The van der Waals surface area contributed by atoms with Crippen LogP contribution >= 0.6 is 11.6 Å². The molecule has 1 aromatic rings. The van der Waals surface area contributed by atoms with Crippen molar-refractivity contribution in [2.24, 2.45) is 0 Å². The number of benzene rings is 1. The van der Waals surface area contributed by atoms with E-state index in [1.165, 1.54) is 31.5 Å². The monoisotopic (exact) mass is 229 g/mol. The van der Waals surface area contributed by atoms with Crippen LogP contribution in [0.5, 0.6) is 0 Å². The predicted octanol–water partition coefficient (Wildman–Crippen LogP) is 2.58. The SMILES string of the molecule is COC(=O)/C=C/Nc1ccc(Cl)c(F)c1. The summed E-state index contributed by atoms with van der Waals surface area (Å²) in [5.74, 6) is -1.01. The highest BCUT2D eigenvalue weighted by Gasteiger charge is 1.99. The number of carbonyl (C=O) groups is 1. The molecule has 0 aromatic heterocycles. The van der Waals surface area contributed by atoms with Gasteiger partial charge < -0.3 is 10.1 Å². The molecule has 0 spiro atoms. The lowest BCUT2D eigenvalue weighted by Crippen LogP contribution is -1.96. The van der Waals surface area contributed by atoms with Gasteiger partial charge in [0.15, 0.2) is 0 Å². The second-order valence-electron chi connectivity index (χ2n) is 2.63. The van der Waals surface area contributed by atoms with Crippen molar-refractivity contribution >= 4 is 23.3 Å². The van der Waals surface area contributed by atoms with Crippen LogP contribution in [-0.4, -0.2) is 13.1 Å². The Kier molecular flexibility index (Phi) is 4.12. The first-order valence-corrected chi connectivity index (χ1v) is 4.47. The molecule has 0 bridgehead atoms. The van der Waals surface area contributed by atoms with E-state index in [2.05, 4.69) is 10.1 Å². The van der Waals surface area contributed by atoms with Crippen molar-refractivity contribution in [3.05, 3.63) is 41.3 Å². The molecule has 1 rings (SSSR count). The number of nitrogens with one attached hydrogen (secondary N) is 1. The summed E-state index contributed by atoms with van der Waals surface area (Å²) in [6.45, 7) is 0. The van der Waals surface area contributed by atoms with Crippen molar-refractivity contribution in [1.29, 1.82) is 0 Å². The number of hydrogen-bond donors (Lipinski definition) is 1. The average Bonchev–Trinajstić information content (AvgIpc) is 2.23. The van der Waals surface area contributed by atoms with E-state index in [0.29, 0.717) is 5.69 Å². The predicted molar refractivity (Wildman–Crippen MR) is 56.2 cm³/mol. The summed E-state index contributed by atoms with van der Waals surface area (Å²) in [5, 5.41) is 2.75. The van der Waals surface area contributed by atoms with Crippen LogP contribution in [0.15, 0.2) is 30.5 Å². The van der Waals surface area contributed by atoms with Gasteiger partial charge in [-0.2, -0.15) is 0 Å². The third kappa shape index (κ3) is 3.59. The van der Waals surface area contributed by atoms with E-state index in [1.54, 1.807) is 6.07 Å². The van der Waals surface area contributed by atoms with Crippen molar-refractivity contribution in [1.82, 2.24) is 0 Å². The summed E-state index contributed by atoms with van der Waals surface area (Å²) in [4.78, 5) is 10.7. The van der Waals surface area contributed by atoms with Crippen LogP contribution in [0, 0.1) is 5.82 Å². The van der Waals surface area contributed by atoms with Gasteiger partial charge >= 0.3 is 5.97 Å². The van der Waals surface area contributed by atoms with E-state index in [-0.39, 0.29) is 5.02 Å². The molecule has 0 saturated carbocycles. The Balaban J connectivity index is 2.62. The zero-order chi connectivity index (χ0) is 11.3. The van der Waals surface area contributed by atoms with Crippen molar-refractivity contribution in [3.63, 3.8) is 0 Å². The topological polar surface area (TPSA) is 38.3 Å². The maximum atomic E-state index is 12.9. The molecule has 0 unspecified atom stereocenters. The first-order valence-electron chi connectivity index (χ1n) is 4.09. The molecule has 0 radical (unpaired) electrons. The Hall–Kier alpha value is -1.55. The Morgan fingerprint density at radius 1 is 1.60 bits per heavy atom. The summed E-state index contributed by atoms with van der Waals surface area (Å²) < 4.78 is 17.3. The summed E-state index contributed by atoms with van der Waals surface area (Å²) in [6.07, 6.45) is 2.54. The van der Waals surface area contributed by atoms with Gasteiger partial charge in [-0.15, -0.1) is 0 Å². The fourth-order valence-electron chi connectivity index (χ4n) is 0.860. The smallest absolute Gasteiger partial charge is 0.331 e. The summed E-state index contributed by atoms with van der Waals surface area (Å²) in [6, 6.07) is 4.24. The van der Waals surface area contributed by atoms with E-state index >= 15 is 0 Å². The van der Waals surface area contributed by atoms with Crippen molar-refractivity contribution in [2.45, 2.75) is 0 Å². The molecule has 3 nitrogen and oxygen atoms in total. The molecule has 0 aliphatic carbocycles. The molecule has 0 heterocycles. The molecule has 5 heteroatoms. The highest BCUT2D eigenvalue weighted by Crippen LogP contribution is 2.18. The van der Waals surface area contributed by atoms with Gasteiger partial charge in [-0.1, -0.05) is 11.6 Å². The number of halogens is 2. The van der Waals surface area contributed by atoms with Gasteiger partial charge in [0.05, 0.1) is 12.1 Å². The molecule has 0 aliphatic heterocycles. The highest BCUT2D eigenvalue weighted by molar-refractivity contribution is 6.30. The number of ether oxygens (including phenoxy) is 1. The van der Waals surface area contributed by atoms with Crippen LogP contribution in [0.2, 0.25) is 5.02 Å². The molecule has 0 aliphatic rings. The van der Waals surface area contributed by atoms with Crippen LogP contribution < -0.4 is 5.32 Å². The van der Waals surface area contributed by atoms with E-state index in [0.717, 1.165) is 0 Å². The highest BCUT2D eigenvalue weighted by atomic mass is 35.5. The molecular formula is C10H9ClFNO2. The Bertz CT molecular complexity index is 393. The van der Waals surface area contributed by atoms with Crippen LogP contribution in [0.3, 0.4) is 0 Å². The van der Waals surface area contributed by atoms with E-state index in [4.69, 9.17) is 11.6 Å².